The molecule has 1 aliphatic heterocycles. The van der Waals surface area contributed by atoms with Crippen molar-refractivity contribution in [1.29, 1.82) is 0 Å². The first-order valence-corrected chi connectivity index (χ1v) is 5.71. The van der Waals surface area contributed by atoms with Crippen LogP contribution in [0, 0.1) is 0 Å². The highest BCUT2D eigenvalue weighted by Gasteiger charge is 2.41. The number of amides is 1. The minimum absolute atomic E-state index is 0.195. The van der Waals surface area contributed by atoms with Gasteiger partial charge in [-0.15, -0.1) is 0 Å². The van der Waals surface area contributed by atoms with Crippen LogP contribution in [0.3, 0.4) is 0 Å². The molecule has 1 atom stereocenters. The average molecular weight is 214 g/mol. The van der Waals surface area contributed by atoms with E-state index in [0.717, 1.165) is 32.1 Å². The van der Waals surface area contributed by atoms with Crippen molar-refractivity contribution in [3.05, 3.63) is 0 Å². The van der Waals surface area contributed by atoms with E-state index in [4.69, 9.17) is 5.73 Å². The standard InChI is InChI=1S/C11H22N2O2/c1-11(2)7-6-9(5-3-4-8-12)13(11)10(14)15/h9H,3-8,12H2,1-2H3,(H,14,15)/t9-/m0/s1. The lowest BCUT2D eigenvalue weighted by atomic mass is 10.0. The third-order valence-electron chi connectivity index (χ3n) is 3.30. The number of carboxylic acid groups (broad SMARTS) is 1. The zero-order valence-electron chi connectivity index (χ0n) is 9.70. The molecule has 3 N–H and O–H groups in total. The molecule has 0 aromatic rings. The Bertz CT molecular complexity index is 229. The summed E-state index contributed by atoms with van der Waals surface area (Å²) in [5.41, 5.74) is 5.24. The van der Waals surface area contributed by atoms with Crippen molar-refractivity contribution in [2.45, 2.75) is 57.5 Å². The normalized spacial score (nSPS) is 24.5. The van der Waals surface area contributed by atoms with Crippen molar-refractivity contribution >= 4 is 6.09 Å². The summed E-state index contributed by atoms with van der Waals surface area (Å²) in [6, 6.07) is 0.198. The molecule has 0 aromatic carbocycles. The van der Waals surface area contributed by atoms with E-state index in [1.807, 2.05) is 13.8 Å². The summed E-state index contributed by atoms with van der Waals surface area (Å²) in [5, 5.41) is 9.18. The van der Waals surface area contributed by atoms with Crippen LogP contribution >= 0.6 is 0 Å². The molecule has 1 saturated heterocycles. The first kappa shape index (κ1) is 12.3. The number of nitrogens with zero attached hydrogens (tertiary/aromatic N) is 1. The first-order chi connectivity index (χ1) is 6.99. The number of hydrogen-bond donors (Lipinski definition) is 2. The molecule has 0 bridgehead atoms. The van der Waals surface area contributed by atoms with Crippen LogP contribution in [0.1, 0.15) is 46.0 Å². The van der Waals surface area contributed by atoms with Crippen LogP contribution in [-0.4, -0.2) is 34.2 Å². The number of nitrogens with two attached hydrogens (primary N) is 1. The van der Waals surface area contributed by atoms with Crippen LogP contribution in [0.5, 0.6) is 0 Å². The van der Waals surface area contributed by atoms with Crippen molar-refractivity contribution < 1.29 is 9.90 Å². The van der Waals surface area contributed by atoms with Crippen molar-refractivity contribution in [2.75, 3.05) is 6.54 Å². The van der Waals surface area contributed by atoms with Crippen LogP contribution < -0.4 is 5.73 Å². The Morgan fingerprint density at radius 2 is 2.20 bits per heavy atom. The predicted molar refractivity (Wildman–Crippen MR) is 59.9 cm³/mol. The molecule has 0 unspecified atom stereocenters. The van der Waals surface area contributed by atoms with Gasteiger partial charge in [0.25, 0.3) is 0 Å². The van der Waals surface area contributed by atoms with Gasteiger partial charge in [-0.05, 0) is 46.1 Å². The molecule has 1 fully saturated rings. The Balaban J connectivity index is 2.54. The van der Waals surface area contributed by atoms with Gasteiger partial charge >= 0.3 is 6.09 Å². The Hall–Kier alpha value is -0.770. The monoisotopic (exact) mass is 214 g/mol. The van der Waals surface area contributed by atoms with Gasteiger partial charge in [0, 0.05) is 11.6 Å². The second-order valence-electron chi connectivity index (χ2n) is 4.94. The highest BCUT2D eigenvalue weighted by atomic mass is 16.4. The van der Waals surface area contributed by atoms with Gasteiger partial charge in [0.1, 0.15) is 0 Å². The molecular weight excluding hydrogens is 192 g/mol. The van der Waals surface area contributed by atoms with E-state index in [9.17, 15) is 9.90 Å². The van der Waals surface area contributed by atoms with Crippen molar-refractivity contribution in [3.63, 3.8) is 0 Å². The van der Waals surface area contributed by atoms with Gasteiger partial charge in [-0.25, -0.2) is 4.79 Å². The maximum absolute atomic E-state index is 11.2. The molecule has 0 aromatic heterocycles. The molecule has 1 aliphatic rings. The second-order valence-corrected chi connectivity index (χ2v) is 4.94. The number of hydrogen-bond acceptors (Lipinski definition) is 2. The Morgan fingerprint density at radius 1 is 1.53 bits per heavy atom. The SMILES string of the molecule is CC1(C)CC[C@H](CCCCN)N1C(=O)O. The average Bonchev–Trinajstić information content (AvgIpc) is 2.42. The smallest absolute Gasteiger partial charge is 0.407 e. The summed E-state index contributed by atoms with van der Waals surface area (Å²) < 4.78 is 0. The van der Waals surface area contributed by atoms with E-state index in [2.05, 4.69) is 0 Å². The fraction of sp³-hybridized carbons (Fsp3) is 0.909. The zero-order chi connectivity index (χ0) is 11.5. The fourth-order valence-electron chi connectivity index (χ4n) is 2.48. The molecule has 1 heterocycles. The van der Waals surface area contributed by atoms with Gasteiger partial charge in [0.15, 0.2) is 0 Å². The molecule has 0 radical (unpaired) electrons. The summed E-state index contributed by atoms with van der Waals surface area (Å²) in [4.78, 5) is 12.8. The van der Waals surface area contributed by atoms with E-state index >= 15 is 0 Å². The van der Waals surface area contributed by atoms with Crippen molar-refractivity contribution in [3.8, 4) is 0 Å². The van der Waals surface area contributed by atoms with E-state index in [1.54, 1.807) is 4.90 Å². The molecule has 0 saturated carbocycles. The molecule has 1 rings (SSSR count). The van der Waals surface area contributed by atoms with Crippen LogP contribution in [0.4, 0.5) is 4.79 Å². The first-order valence-electron chi connectivity index (χ1n) is 5.71. The predicted octanol–water partition coefficient (Wildman–Crippen LogP) is 2.04. The number of likely N-dealkylation sites (tertiary alicyclic amines) is 1. The summed E-state index contributed by atoms with van der Waals surface area (Å²) >= 11 is 0. The summed E-state index contributed by atoms with van der Waals surface area (Å²) in [5.74, 6) is 0. The molecule has 0 spiro atoms. The largest absolute Gasteiger partial charge is 0.465 e. The van der Waals surface area contributed by atoms with Gasteiger partial charge < -0.3 is 15.7 Å². The Morgan fingerprint density at radius 3 is 2.73 bits per heavy atom. The third kappa shape index (κ3) is 2.84. The lowest BCUT2D eigenvalue weighted by molar-refractivity contribution is 0.0932. The molecule has 0 aliphatic carbocycles. The quantitative estimate of drug-likeness (QED) is 0.704. The Kier molecular flexibility index (Phi) is 3.97. The maximum Gasteiger partial charge on any atom is 0.407 e. The van der Waals surface area contributed by atoms with Gasteiger partial charge in [-0.3, -0.25) is 0 Å². The number of rotatable bonds is 4. The summed E-state index contributed by atoms with van der Waals surface area (Å²) in [6.07, 6.45) is 4.14. The number of unbranched alkanes of at least 4 members (excludes halogenated alkanes) is 1. The van der Waals surface area contributed by atoms with Crippen molar-refractivity contribution in [2.24, 2.45) is 5.73 Å². The van der Waals surface area contributed by atoms with Crippen LogP contribution in [0.25, 0.3) is 0 Å². The number of carbonyl (C=O) groups is 1. The van der Waals surface area contributed by atoms with Gasteiger partial charge in [0.05, 0.1) is 0 Å². The second kappa shape index (κ2) is 4.84. The molecule has 88 valence electrons. The molecule has 1 amide bonds. The van der Waals surface area contributed by atoms with Gasteiger partial charge in [-0.1, -0.05) is 6.42 Å². The minimum atomic E-state index is -0.782. The summed E-state index contributed by atoms with van der Waals surface area (Å²) in [7, 11) is 0. The van der Waals surface area contributed by atoms with Gasteiger partial charge in [-0.2, -0.15) is 0 Å². The van der Waals surface area contributed by atoms with E-state index in [-0.39, 0.29) is 11.6 Å². The molecule has 4 nitrogen and oxygen atoms in total. The van der Waals surface area contributed by atoms with Crippen molar-refractivity contribution in [1.82, 2.24) is 4.90 Å². The molecule has 15 heavy (non-hydrogen) atoms. The topological polar surface area (TPSA) is 66.6 Å². The van der Waals surface area contributed by atoms with Crippen LogP contribution in [0.2, 0.25) is 0 Å². The lowest BCUT2D eigenvalue weighted by Gasteiger charge is -2.33. The van der Waals surface area contributed by atoms with Gasteiger partial charge in [0.2, 0.25) is 0 Å². The Labute approximate surface area is 91.4 Å². The molecular formula is C11H22N2O2. The van der Waals surface area contributed by atoms with E-state index in [0.29, 0.717) is 6.54 Å². The minimum Gasteiger partial charge on any atom is -0.465 e. The van der Waals surface area contributed by atoms with E-state index < -0.39 is 6.09 Å². The highest BCUT2D eigenvalue weighted by Crippen LogP contribution is 2.35. The van der Waals surface area contributed by atoms with Crippen LogP contribution in [0.15, 0.2) is 0 Å². The lowest BCUT2D eigenvalue weighted by Crippen LogP contribution is -2.46. The highest BCUT2D eigenvalue weighted by molar-refractivity contribution is 5.67. The maximum atomic E-state index is 11.2. The summed E-state index contributed by atoms with van der Waals surface area (Å²) in [6.45, 7) is 4.71. The van der Waals surface area contributed by atoms with E-state index in [1.165, 1.54) is 0 Å². The third-order valence-corrected chi connectivity index (χ3v) is 3.30. The fourth-order valence-corrected chi connectivity index (χ4v) is 2.48. The molecule has 4 heteroatoms. The zero-order valence-corrected chi connectivity index (χ0v) is 9.70. The van der Waals surface area contributed by atoms with Crippen LogP contribution in [-0.2, 0) is 0 Å².